The fourth-order valence-corrected chi connectivity index (χ4v) is 2.09. The lowest BCUT2D eigenvalue weighted by molar-refractivity contribution is -0.119. The van der Waals surface area contributed by atoms with Crippen molar-refractivity contribution in [3.8, 4) is 17.1 Å². The number of ether oxygens (including phenoxy) is 1. The van der Waals surface area contributed by atoms with E-state index in [0.29, 0.717) is 18.1 Å². The summed E-state index contributed by atoms with van der Waals surface area (Å²) >= 11 is 0. The van der Waals surface area contributed by atoms with E-state index in [1.807, 2.05) is 36.4 Å². The molecule has 7 heteroatoms. The first-order valence-corrected chi connectivity index (χ1v) is 7.57. The maximum Gasteiger partial charge on any atom is 0.255 e. The van der Waals surface area contributed by atoms with Crippen LogP contribution in [0.5, 0.6) is 5.75 Å². The normalized spacial score (nSPS) is 10.9. The van der Waals surface area contributed by atoms with Gasteiger partial charge in [0.05, 0.1) is 18.4 Å². The van der Waals surface area contributed by atoms with Crippen molar-refractivity contribution < 1.29 is 13.9 Å². The number of benzene rings is 2. The molecule has 1 heterocycles. The summed E-state index contributed by atoms with van der Waals surface area (Å²) in [6, 6.07) is 14.8. The molecule has 2 N–H and O–H groups in total. The third kappa shape index (κ3) is 4.74. The third-order valence-electron chi connectivity index (χ3n) is 3.33. The summed E-state index contributed by atoms with van der Waals surface area (Å²) in [6.45, 7) is 0.309. The predicted molar refractivity (Wildman–Crippen MR) is 91.3 cm³/mol. The fourth-order valence-electron chi connectivity index (χ4n) is 2.09. The smallest absolute Gasteiger partial charge is 0.255 e. The van der Waals surface area contributed by atoms with Gasteiger partial charge in [-0.05, 0) is 42.0 Å². The molecule has 25 heavy (non-hydrogen) atoms. The zero-order chi connectivity index (χ0) is 17.5. The lowest BCUT2D eigenvalue weighted by atomic mass is 10.2. The Morgan fingerprint density at radius 3 is 2.52 bits per heavy atom. The van der Waals surface area contributed by atoms with Crippen LogP contribution in [0, 0.1) is 0 Å². The van der Waals surface area contributed by atoms with Gasteiger partial charge in [-0.15, -0.1) is 0 Å². The highest BCUT2D eigenvalue weighted by atomic mass is 16.5. The summed E-state index contributed by atoms with van der Waals surface area (Å²) in [5.74, 6) is 0.789. The van der Waals surface area contributed by atoms with Gasteiger partial charge in [0.15, 0.2) is 18.8 Å². The minimum atomic E-state index is -0.507. The number of hydrogen-bond donors (Lipinski definition) is 1. The number of primary amides is 1. The van der Waals surface area contributed by atoms with E-state index in [4.69, 9.17) is 14.9 Å². The van der Waals surface area contributed by atoms with Crippen LogP contribution in [0.1, 0.15) is 5.56 Å². The molecule has 7 nitrogen and oxygen atoms in total. The molecule has 3 aromatic rings. The van der Waals surface area contributed by atoms with Gasteiger partial charge in [0.25, 0.3) is 5.91 Å². The Hall–Kier alpha value is -3.48. The number of azo groups is 1. The molecular weight excluding hydrogens is 320 g/mol. The summed E-state index contributed by atoms with van der Waals surface area (Å²) in [4.78, 5) is 14.6. The maximum absolute atomic E-state index is 10.7. The molecule has 126 valence electrons. The van der Waals surface area contributed by atoms with Gasteiger partial charge in [0.1, 0.15) is 5.75 Å². The molecule has 0 atom stereocenters. The van der Waals surface area contributed by atoms with Crippen molar-refractivity contribution in [3.63, 3.8) is 0 Å². The van der Waals surface area contributed by atoms with Gasteiger partial charge in [-0.1, -0.05) is 12.1 Å². The zero-order valence-corrected chi connectivity index (χ0v) is 13.3. The van der Waals surface area contributed by atoms with E-state index in [0.717, 1.165) is 16.8 Å². The first kappa shape index (κ1) is 16.4. The number of nitrogens with zero attached hydrogens (tertiary/aromatic N) is 3. The van der Waals surface area contributed by atoms with Crippen LogP contribution in [0.4, 0.5) is 5.69 Å². The van der Waals surface area contributed by atoms with E-state index < -0.39 is 5.91 Å². The Morgan fingerprint density at radius 1 is 1.12 bits per heavy atom. The molecule has 2 aromatic carbocycles. The molecule has 0 radical (unpaired) electrons. The Morgan fingerprint density at radius 2 is 1.88 bits per heavy atom. The molecule has 0 aliphatic heterocycles. The van der Waals surface area contributed by atoms with Crippen molar-refractivity contribution in [2.45, 2.75) is 6.54 Å². The SMILES string of the molecule is NC(=O)COc1ccc(CN=Nc2ccc(-c3cnco3)cc2)cc1. The Bertz CT molecular complexity index is 841. The van der Waals surface area contributed by atoms with Gasteiger partial charge in [-0.25, -0.2) is 4.98 Å². The van der Waals surface area contributed by atoms with E-state index in [1.165, 1.54) is 6.39 Å². The number of carbonyl (C=O) groups excluding carboxylic acids is 1. The van der Waals surface area contributed by atoms with E-state index in [2.05, 4.69) is 15.2 Å². The largest absolute Gasteiger partial charge is 0.484 e. The Labute approximate surface area is 144 Å². The van der Waals surface area contributed by atoms with Gasteiger partial charge in [-0.3, -0.25) is 4.79 Å². The lowest BCUT2D eigenvalue weighted by Crippen LogP contribution is -2.19. The van der Waals surface area contributed by atoms with Crippen molar-refractivity contribution in [2.75, 3.05) is 6.61 Å². The first-order chi connectivity index (χ1) is 12.2. The highest BCUT2D eigenvalue weighted by molar-refractivity contribution is 5.75. The molecule has 1 aromatic heterocycles. The summed E-state index contributed by atoms with van der Waals surface area (Å²) in [5, 5.41) is 8.37. The number of rotatable bonds is 7. The molecular formula is C18H16N4O3. The summed E-state index contributed by atoms with van der Waals surface area (Å²) < 4.78 is 10.4. The van der Waals surface area contributed by atoms with E-state index in [-0.39, 0.29) is 6.61 Å². The van der Waals surface area contributed by atoms with E-state index in [9.17, 15) is 4.79 Å². The first-order valence-electron chi connectivity index (χ1n) is 7.57. The molecule has 0 unspecified atom stereocenters. The Balaban J connectivity index is 1.55. The number of hydrogen-bond acceptors (Lipinski definition) is 6. The quantitative estimate of drug-likeness (QED) is 0.667. The van der Waals surface area contributed by atoms with Crippen LogP contribution in [0.15, 0.2) is 75.8 Å². The number of carbonyl (C=O) groups is 1. The summed E-state index contributed by atoms with van der Waals surface area (Å²) in [6.07, 6.45) is 3.06. The second-order valence-corrected chi connectivity index (χ2v) is 5.21. The molecule has 3 rings (SSSR count). The van der Waals surface area contributed by atoms with Crippen LogP contribution < -0.4 is 10.5 Å². The minimum Gasteiger partial charge on any atom is -0.484 e. The van der Waals surface area contributed by atoms with Crippen LogP contribution >= 0.6 is 0 Å². The second kappa shape index (κ2) is 7.87. The van der Waals surface area contributed by atoms with Crippen LogP contribution in [-0.4, -0.2) is 17.5 Å². The summed E-state index contributed by atoms with van der Waals surface area (Å²) in [5.41, 5.74) is 7.70. The molecule has 0 spiro atoms. The number of nitrogens with two attached hydrogens (primary N) is 1. The number of aromatic nitrogens is 1. The highest BCUT2D eigenvalue weighted by Gasteiger charge is 2.01. The standard InChI is InChI=1S/C18H16N4O3/c19-18(23)11-24-16-7-1-13(2-8-16)9-21-22-15-5-3-14(4-6-15)17-10-20-12-25-17/h1-8,10,12H,9,11H2,(H2,19,23). The van der Waals surface area contributed by atoms with Crippen molar-refractivity contribution >= 4 is 11.6 Å². The topological polar surface area (TPSA) is 103 Å². The molecule has 1 amide bonds. The van der Waals surface area contributed by atoms with Gasteiger partial charge >= 0.3 is 0 Å². The van der Waals surface area contributed by atoms with Gasteiger partial charge in [0, 0.05) is 5.56 Å². The highest BCUT2D eigenvalue weighted by Crippen LogP contribution is 2.22. The lowest BCUT2D eigenvalue weighted by Gasteiger charge is -2.03. The zero-order valence-electron chi connectivity index (χ0n) is 13.3. The third-order valence-corrected chi connectivity index (χ3v) is 3.33. The molecule has 0 aliphatic rings. The molecule has 0 aliphatic carbocycles. The molecule has 0 saturated carbocycles. The van der Waals surface area contributed by atoms with Gasteiger partial charge < -0.3 is 14.9 Å². The molecule has 0 saturated heterocycles. The van der Waals surface area contributed by atoms with Crippen molar-refractivity contribution in [1.29, 1.82) is 0 Å². The average molecular weight is 336 g/mol. The number of amides is 1. The van der Waals surface area contributed by atoms with E-state index >= 15 is 0 Å². The van der Waals surface area contributed by atoms with Crippen molar-refractivity contribution in [2.24, 2.45) is 16.0 Å². The van der Waals surface area contributed by atoms with E-state index in [1.54, 1.807) is 18.3 Å². The van der Waals surface area contributed by atoms with Crippen molar-refractivity contribution in [3.05, 3.63) is 66.7 Å². The average Bonchev–Trinajstić information content (AvgIpc) is 3.16. The summed E-state index contributed by atoms with van der Waals surface area (Å²) in [7, 11) is 0. The second-order valence-electron chi connectivity index (χ2n) is 5.21. The fraction of sp³-hybridized carbons (Fsp3) is 0.111. The van der Waals surface area contributed by atoms with Crippen molar-refractivity contribution in [1.82, 2.24) is 4.98 Å². The predicted octanol–water partition coefficient (Wildman–Crippen LogP) is 3.49. The van der Waals surface area contributed by atoms with Gasteiger partial charge in [0.2, 0.25) is 0 Å². The number of oxazole rings is 1. The Kier molecular flexibility index (Phi) is 5.16. The molecule has 0 fully saturated rings. The minimum absolute atomic E-state index is 0.136. The van der Waals surface area contributed by atoms with Crippen LogP contribution in [0.3, 0.4) is 0 Å². The van der Waals surface area contributed by atoms with Crippen LogP contribution in [-0.2, 0) is 11.3 Å². The molecule has 0 bridgehead atoms. The van der Waals surface area contributed by atoms with Crippen LogP contribution in [0.25, 0.3) is 11.3 Å². The van der Waals surface area contributed by atoms with Crippen LogP contribution in [0.2, 0.25) is 0 Å². The monoisotopic (exact) mass is 336 g/mol. The maximum atomic E-state index is 10.7. The van der Waals surface area contributed by atoms with Gasteiger partial charge in [-0.2, -0.15) is 10.2 Å².